The summed E-state index contributed by atoms with van der Waals surface area (Å²) in [6.45, 7) is 9.14. The first-order valence-electron chi connectivity index (χ1n) is 19.4. The number of aryl methyl sites for hydroxylation is 2. The van der Waals surface area contributed by atoms with Crippen molar-refractivity contribution in [3.63, 3.8) is 0 Å². The Hall–Kier alpha value is -7.31. The topological polar surface area (TPSA) is 257 Å². The average molecular weight is 973 g/mol. The summed E-state index contributed by atoms with van der Waals surface area (Å²) in [5, 5.41) is 35.6. The van der Waals surface area contributed by atoms with Crippen LogP contribution >= 0.6 is 0 Å². The highest BCUT2D eigenvalue weighted by Crippen LogP contribution is 2.29. The van der Waals surface area contributed by atoms with E-state index in [1.54, 1.807) is 27.0 Å². The Labute approximate surface area is 381 Å². The third kappa shape index (κ3) is 14.1. The lowest BCUT2D eigenvalue weighted by Gasteiger charge is -2.27. The number of pyridine rings is 2. The summed E-state index contributed by atoms with van der Waals surface area (Å²) >= 11 is 0. The molecule has 2 aromatic carbocycles. The fourth-order valence-electron chi connectivity index (χ4n) is 5.76. The van der Waals surface area contributed by atoms with E-state index in [1.165, 1.54) is 30.5 Å². The van der Waals surface area contributed by atoms with Gasteiger partial charge in [-0.2, -0.15) is 10.2 Å². The molecule has 0 fully saturated rings. The Morgan fingerprint density at radius 1 is 0.672 bits per heavy atom. The second kappa shape index (κ2) is 21.8. The van der Waals surface area contributed by atoms with E-state index < -0.39 is 71.7 Å². The van der Waals surface area contributed by atoms with Crippen LogP contribution in [0.2, 0.25) is 0 Å². The summed E-state index contributed by atoms with van der Waals surface area (Å²) in [4.78, 5) is 39.7. The number of benzene rings is 2. The zero-order chi connectivity index (χ0) is 50.0. The lowest BCUT2D eigenvalue weighted by molar-refractivity contribution is -0.134. The van der Waals surface area contributed by atoms with Crippen molar-refractivity contribution in [3.05, 3.63) is 143 Å². The SMILES string of the molecule is CNCc1cc(S(=O)(=O)c2ccc(C)nc2)n(-c2cc(F)ccc2F)n1.Cc1ccc(S(=O)(=O)c2cc(CN(CC(C)(C)C)C(=O)O)nn2-c2cc(F)ccc2F)cn1.O=C(O)C=CC(=O)O. The second-order valence-electron chi connectivity index (χ2n) is 15.5. The Bertz CT molecular complexity index is 3000. The van der Waals surface area contributed by atoms with Gasteiger partial charge in [0, 0.05) is 73.3 Å². The molecule has 0 aliphatic carbocycles. The molecule has 24 heteroatoms. The predicted octanol–water partition coefficient (Wildman–Crippen LogP) is 6.33. The van der Waals surface area contributed by atoms with E-state index in [2.05, 4.69) is 25.5 Å². The van der Waals surface area contributed by atoms with Crippen LogP contribution < -0.4 is 5.32 Å². The predicted molar refractivity (Wildman–Crippen MR) is 231 cm³/mol. The second-order valence-corrected chi connectivity index (χ2v) is 19.3. The molecule has 0 bridgehead atoms. The summed E-state index contributed by atoms with van der Waals surface area (Å²) in [5.74, 6) is -5.69. The van der Waals surface area contributed by atoms with Gasteiger partial charge in [-0.05, 0) is 74.8 Å². The standard InChI is InChI=1S/C22H24F2N4O4S.C17H16F2N4O2S.C4H4O4/c1-14-5-7-17(11-25-14)33(31,32)20-10-16(12-27(21(29)30)13-22(2,3)4)26-28(20)19-9-15(23)6-8-18(19)24;1-11-3-5-14(10-21-11)26(24,25)17-8-13(9-20-2)22-23(17)16-7-12(18)4-6-15(16)19;5-3(6)1-2-4(7)8/h5-11H,12-13H2,1-4H3,(H,29,30);3-8,10,20H,9H2,1-2H3;1-2H,(H,5,6)(H,7,8). The number of rotatable bonds is 13. The van der Waals surface area contributed by atoms with Crippen molar-refractivity contribution in [1.82, 2.24) is 39.7 Å². The average Bonchev–Trinajstić information content (AvgIpc) is 3.88. The molecule has 1 amide bonds. The highest BCUT2D eigenvalue weighted by Gasteiger charge is 2.30. The van der Waals surface area contributed by atoms with Crippen LogP contribution in [0.15, 0.2) is 117 Å². The molecule has 6 rings (SSSR count). The quantitative estimate of drug-likeness (QED) is 0.0728. The van der Waals surface area contributed by atoms with Crippen LogP contribution in [0.3, 0.4) is 0 Å². The molecular formula is C43H44F4N8O10S2. The van der Waals surface area contributed by atoms with Gasteiger partial charge in [-0.3, -0.25) is 9.97 Å². The van der Waals surface area contributed by atoms with Crippen LogP contribution in [0.25, 0.3) is 11.4 Å². The molecule has 0 aliphatic heterocycles. The van der Waals surface area contributed by atoms with E-state index in [4.69, 9.17) is 10.2 Å². The summed E-state index contributed by atoms with van der Waals surface area (Å²) in [6.07, 6.45) is 2.28. The van der Waals surface area contributed by atoms with Crippen LogP contribution in [-0.4, -0.2) is 98.2 Å². The molecule has 0 atom stereocenters. The number of carbonyl (C=O) groups is 3. The molecule has 0 spiro atoms. The molecule has 0 unspecified atom stereocenters. The first-order chi connectivity index (χ1) is 31.2. The Morgan fingerprint density at radius 3 is 1.45 bits per heavy atom. The van der Waals surface area contributed by atoms with Crippen molar-refractivity contribution in [3.8, 4) is 11.4 Å². The minimum Gasteiger partial charge on any atom is -0.478 e. The molecule has 4 N–H and O–H groups in total. The number of aliphatic carboxylic acids is 2. The number of sulfone groups is 2. The van der Waals surface area contributed by atoms with Crippen LogP contribution in [0, 0.1) is 42.5 Å². The van der Waals surface area contributed by atoms with E-state index in [-0.39, 0.29) is 51.2 Å². The number of nitrogens with zero attached hydrogens (tertiary/aromatic N) is 7. The molecule has 0 aliphatic rings. The lowest BCUT2D eigenvalue weighted by atomic mass is 9.96. The van der Waals surface area contributed by atoms with E-state index in [9.17, 15) is 53.9 Å². The van der Waals surface area contributed by atoms with Crippen LogP contribution in [0.4, 0.5) is 22.4 Å². The van der Waals surface area contributed by atoms with Gasteiger partial charge in [0.15, 0.2) is 10.1 Å². The van der Waals surface area contributed by atoms with Crippen molar-refractivity contribution in [2.75, 3.05) is 13.6 Å². The minimum absolute atomic E-state index is 0.0583. The molecular weight excluding hydrogens is 929 g/mol. The third-order valence-corrected chi connectivity index (χ3v) is 12.1. The van der Waals surface area contributed by atoms with Crippen LogP contribution in [-0.2, 0) is 42.4 Å². The molecule has 6 aromatic rings. The molecule has 67 heavy (non-hydrogen) atoms. The molecule has 0 radical (unpaired) electrons. The van der Waals surface area contributed by atoms with Crippen molar-refractivity contribution in [1.29, 1.82) is 0 Å². The number of nitrogens with one attached hydrogen (secondary N) is 1. The number of aromatic nitrogens is 6. The zero-order valence-electron chi connectivity index (χ0n) is 36.5. The molecule has 356 valence electrons. The monoisotopic (exact) mass is 972 g/mol. The van der Waals surface area contributed by atoms with E-state index in [1.807, 2.05) is 20.8 Å². The van der Waals surface area contributed by atoms with Gasteiger partial charge in [-0.15, -0.1) is 0 Å². The maximum atomic E-state index is 14.6. The van der Waals surface area contributed by atoms with Gasteiger partial charge in [0.05, 0.1) is 27.7 Å². The number of carboxylic acids is 2. The fraction of sp³-hybridized carbons (Fsp3) is 0.233. The van der Waals surface area contributed by atoms with Gasteiger partial charge < -0.3 is 25.5 Å². The highest BCUT2D eigenvalue weighted by atomic mass is 32.2. The Balaban J connectivity index is 0.000000256. The van der Waals surface area contributed by atoms with Crippen molar-refractivity contribution >= 4 is 37.7 Å². The summed E-state index contributed by atoms with van der Waals surface area (Å²) in [5.41, 5.74) is 0.600. The molecule has 4 aromatic heterocycles. The minimum atomic E-state index is -4.25. The van der Waals surface area contributed by atoms with E-state index in [0.717, 1.165) is 62.9 Å². The largest absolute Gasteiger partial charge is 0.478 e. The molecule has 4 heterocycles. The van der Waals surface area contributed by atoms with Gasteiger partial charge in [0.1, 0.15) is 34.6 Å². The third-order valence-electron chi connectivity index (χ3n) is 8.68. The smallest absolute Gasteiger partial charge is 0.407 e. The van der Waals surface area contributed by atoms with Gasteiger partial charge in [0.2, 0.25) is 19.7 Å². The molecule has 18 nitrogen and oxygen atoms in total. The van der Waals surface area contributed by atoms with Crippen molar-refractivity contribution in [2.24, 2.45) is 5.41 Å². The van der Waals surface area contributed by atoms with Crippen molar-refractivity contribution < 1.29 is 64.1 Å². The fourth-order valence-corrected chi connectivity index (χ4v) is 8.44. The molecule has 0 saturated carbocycles. The van der Waals surface area contributed by atoms with Gasteiger partial charge in [-0.25, -0.2) is 58.1 Å². The number of amides is 1. The first-order valence-corrected chi connectivity index (χ1v) is 22.4. The Kier molecular flexibility index (Phi) is 17.0. The normalized spacial score (nSPS) is 11.6. The van der Waals surface area contributed by atoms with Crippen molar-refractivity contribution in [2.45, 2.75) is 67.6 Å². The number of hydrogen-bond donors (Lipinski definition) is 4. The number of hydrogen-bond acceptors (Lipinski definition) is 12. The Morgan fingerprint density at radius 2 is 1.09 bits per heavy atom. The van der Waals surface area contributed by atoms with Crippen LogP contribution in [0.1, 0.15) is 43.5 Å². The summed E-state index contributed by atoms with van der Waals surface area (Å²) in [7, 11) is -6.63. The maximum Gasteiger partial charge on any atom is 0.407 e. The number of carboxylic acid groups (broad SMARTS) is 3. The lowest BCUT2D eigenvalue weighted by Crippen LogP contribution is -2.36. The highest BCUT2D eigenvalue weighted by molar-refractivity contribution is 7.91. The maximum absolute atomic E-state index is 14.6. The molecule has 0 saturated heterocycles. The van der Waals surface area contributed by atoms with Gasteiger partial charge in [0.25, 0.3) is 0 Å². The first kappa shape index (κ1) is 52.3. The van der Waals surface area contributed by atoms with Gasteiger partial charge >= 0.3 is 18.0 Å². The van der Waals surface area contributed by atoms with Gasteiger partial charge in [-0.1, -0.05) is 20.8 Å². The summed E-state index contributed by atoms with van der Waals surface area (Å²) in [6, 6.07) is 13.7. The van der Waals surface area contributed by atoms with E-state index >= 15 is 0 Å². The van der Waals surface area contributed by atoms with Crippen LogP contribution in [0.5, 0.6) is 0 Å². The zero-order valence-corrected chi connectivity index (χ0v) is 38.2. The summed E-state index contributed by atoms with van der Waals surface area (Å²) < 4.78 is 111. The number of halogens is 4. The van der Waals surface area contributed by atoms with E-state index in [0.29, 0.717) is 29.2 Å².